The molecule has 0 saturated carbocycles. The van der Waals surface area contributed by atoms with E-state index in [4.69, 9.17) is 5.79 Å². The number of rotatable bonds is 4. The third-order valence-corrected chi connectivity index (χ3v) is 10.8. The SMILES string of the molecule is [2H]C(C)(C)c1ccnc(-c2[c-]ccc3c2oc2c[c]([Ge]([CH3])([CH3])[CH3])ccc23)c1.[Ir].[c-]1ccccc1-c1ccccn1. The van der Waals surface area contributed by atoms with Gasteiger partial charge in [-0.15, -0.1) is 35.9 Å². The van der Waals surface area contributed by atoms with E-state index in [1.807, 2.05) is 74.5 Å². The van der Waals surface area contributed by atoms with Crippen molar-refractivity contribution in [1.29, 1.82) is 0 Å². The standard InChI is InChI=1S/C23H24GeNO.C11H8N.Ir/c1-15(2)16-11-12-25-21(13-16)20-8-6-7-19-18-10-9-17(24(3,4)5)14-22(18)26-23(19)20;1-2-6-10(7-3-1)11-8-4-5-9-12-11;/h6-7,9-15H,1-5H3;1-6,8-9H;/q2*-1;/i15D;;. The molecule has 0 amide bonds. The molecular formula is C34H32GeIrN2O-2. The van der Waals surface area contributed by atoms with Gasteiger partial charge in [0.25, 0.3) is 0 Å². The summed E-state index contributed by atoms with van der Waals surface area (Å²) in [6.07, 6.45) is 3.55. The number of benzene rings is 3. The smallest absolute Gasteiger partial charge is 0.0160 e. The number of hydrogen-bond donors (Lipinski definition) is 0. The van der Waals surface area contributed by atoms with Crippen LogP contribution >= 0.6 is 0 Å². The summed E-state index contributed by atoms with van der Waals surface area (Å²) < 4.78 is 16.1. The second kappa shape index (κ2) is 12.4. The molecule has 3 aromatic heterocycles. The minimum atomic E-state index is -1.92. The average Bonchev–Trinajstić information content (AvgIpc) is 3.32. The van der Waals surface area contributed by atoms with E-state index in [2.05, 4.69) is 63.6 Å². The molecule has 0 N–H and O–H groups in total. The molecule has 0 unspecified atom stereocenters. The molecule has 6 rings (SSSR count). The zero-order chi connectivity index (χ0) is 27.6. The summed E-state index contributed by atoms with van der Waals surface area (Å²) in [5.41, 5.74) is 6.34. The Morgan fingerprint density at radius 1 is 0.795 bits per heavy atom. The van der Waals surface area contributed by atoms with Gasteiger partial charge in [0, 0.05) is 26.3 Å². The summed E-state index contributed by atoms with van der Waals surface area (Å²) in [6, 6.07) is 34.7. The average molecular weight is 750 g/mol. The fraction of sp³-hybridized carbons (Fsp3) is 0.176. The van der Waals surface area contributed by atoms with Gasteiger partial charge in [-0.3, -0.25) is 0 Å². The van der Waals surface area contributed by atoms with Crippen LogP contribution in [0.15, 0.2) is 102 Å². The van der Waals surface area contributed by atoms with E-state index in [0.29, 0.717) is 0 Å². The summed E-state index contributed by atoms with van der Waals surface area (Å²) >= 11 is -1.92. The molecule has 0 saturated heterocycles. The Bertz CT molecular complexity index is 1690. The van der Waals surface area contributed by atoms with Gasteiger partial charge in [-0.2, -0.15) is 0 Å². The summed E-state index contributed by atoms with van der Waals surface area (Å²) in [5.74, 6) is 6.50. The second-order valence-electron chi connectivity index (χ2n) is 10.6. The first-order valence-corrected chi connectivity index (χ1v) is 20.2. The van der Waals surface area contributed by atoms with Gasteiger partial charge in [-0.1, -0.05) is 12.1 Å². The Hall–Kier alpha value is -3.05. The molecule has 3 heterocycles. The van der Waals surface area contributed by atoms with Gasteiger partial charge in [-0.25, -0.2) is 0 Å². The fourth-order valence-electron chi connectivity index (χ4n) is 4.35. The van der Waals surface area contributed by atoms with Crippen LogP contribution in [-0.4, -0.2) is 23.2 Å². The third kappa shape index (κ3) is 6.58. The third-order valence-electron chi connectivity index (χ3n) is 6.54. The molecular weight excluding hydrogens is 717 g/mol. The number of furan rings is 1. The first-order chi connectivity index (χ1) is 18.6. The largest absolute Gasteiger partial charge is 0.305 e. The van der Waals surface area contributed by atoms with E-state index in [9.17, 15) is 0 Å². The Balaban J connectivity index is 0.000000238. The van der Waals surface area contributed by atoms with Gasteiger partial charge in [0.15, 0.2) is 0 Å². The summed E-state index contributed by atoms with van der Waals surface area (Å²) in [6.45, 7) is 3.77. The summed E-state index contributed by atoms with van der Waals surface area (Å²) in [7, 11) is 0. The molecule has 0 fully saturated rings. The van der Waals surface area contributed by atoms with Crippen molar-refractivity contribution in [1.82, 2.24) is 9.97 Å². The van der Waals surface area contributed by atoms with Gasteiger partial charge < -0.3 is 4.98 Å². The van der Waals surface area contributed by atoms with Crippen LogP contribution in [0.25, 0.3) is 44.5 Å². The van der Waals surface area contributed by atoms with Gasteiger partial charge >= 0.3 is 159 Å². The Morgan fingerprint density at radius 2 is 1.59 bits per heavy atom. The molecule has 6 aromatic rings. The predicted octanol–water partition coefficient (Wildman–Crippen LogP) is 8.66. The molecule has 0 spiro atoms. The number of nitrogens with zero attached hydrogens (tertiary/aromatic N) is 2. The molecule has 5 heteroatoms. The van der Waals surface area contributed by atoms with Crippen LogP contribution in [0, 0.1) is 12.1 Å². The molecule has 199 valence electrons. The second-order valence-corrected chi connectivity index (χ2v) is 21.2. The van der Waals surface area contributed by atoms with Gasteiger partial charge in [-0.05, 0) is 11.8 Å². The molecule has 3 aromatic carbocycles. The molecule has 3 nitrogen and oxygen atoms in total. The number of fused-ring (bicyclic) bond motifs is 3. The number of pyridine rings is 2. The number of hydrogen-bond acceptors (Lipinski definition) is 3. The zero-order valence-electron chi connectivity index (χ0n) is 23.9. The molecule has 1 radical (unpaired) electrons. The van der Waals surface area contributed by atoms with Crippen LogP contribution in [0.4, 0.5) is 0 Å². The van der Waals surface area contributed by atoms with E-state index in [1.165, 1.54) is 4.40 Å². The van der Waals surface area contributed by atoms with E-state index in [-0.39, 0.29) is 20.1 Å². The maximum absolute atomic E-state index is 8.31. The van der Waals surface area contributed by atoms with E-state index < -0.39 is 19.2 Å². The van der Waals surface area contributed by atoms with Gasteiger partial charge in [0.2, 0.25) is 0 Å². The normalized spacial score (nSPS) is 11.9. The summed E-state index contributed by atoms with van der Waals surface area (Å²) in [4.78, 5) is 8.75. The molecule has 0 aliphatic carbocycles. The van der Waals surface area contributed by atoms with Crippen molar-refractivity contribution in [2.24, 2.45) is 0 Å². The van der Waals surface area contributed by atoms with Crippen LogP contribution < -0.4 is 4.40 Å². The maximum atomic E-state index is 8.31. The first kappa shape index (κ1) is 27.5. The minimum Gasteiger partial charge on any atom is -0.305 e. The van der Waals surface area contributed by atoms with Crippen LogP contribution in [0.3, 0.4) is 0 Å². The number of aromatic nitrogens is 2. The van der Waals surface area contributed by atoms with Crippen LogP contribution in [0.5, 0.6) is 0 Å². The van der Waals surface area contributed by atoms with Crippen molar-refractivity contribution in [2.75, 3.05) is 0 Å². The van der Waals surface area contributed by atoms with E-state index >= 15 is 0 Å². The van der Waals surface area contributed by atoms with Crippen LogP contribution in [0.1, 0.15) is 26.7 Å². The molecule has 0 aliphatic heterocycles. The van der Waals surface area contributed by atoms with Gasteiger partial charge in [0.1, 0.15) is 0 Å². The molecule has 0 atom stereocenters. The van der Waals surface area contributed by atoms with Crippen LogP contribution in [-0.2, 0) is 20.1 Å². The van der Waals surface area contributed by atoms with E-state index in [0.717, 1.165) is 50.0 Å². The van der Waals surface area contributed by atoms with E-state index in [1.54, 1.807) is 12.4 Å². The predicted molar refractivity (Wildman–Crippen MR) is 161 cm³/mol. The summed E-state index contributed by atoms with van der Waals surface area (Å²) in [5, 5.41) is 2.22. The van der Waals surface area contributed by atoms with Crippen LogP contribution in [0.2, 0.25) is 17.3 Å². The Labute approximate surface area is 248 Å². The minimum absolute atomic E-state index is 0. The van der Waals surface area contributed by atoms with Crippen molar-refractivity contribution < 1.29 is 25.9 Å². The molecule has 0 aliphatic rings. The maximum Gasteiger partial charge on any atom is 0.0160 e. The molecule has 39 heavy (non-hydrogen) atoms. The first-order valence-electron chi connectivity index (χ1n) is 13.3. The monoisotopic (exact) mass is 752 g/mol. The Kier molecular flexibility index (Phi) is 8.76. The van der Waals surface area contributed by atoms with Crippen molar-refractivity contribution in [3.63, 3.8) is 0 Å². The quantitative estimate of drug-likeness (QED) is 0.134. The zero-order valence-corrected chi connectivity index (χ0v) is 27.4. The van der Waals surface area contributed by atoms with Gasteiger partial charge in [0.05, 0.1) is 0 Å². The van der Waals surface area contributed by atoms with Crippen molar-refractivity contribution >= 4 is 39.6 Å². The topological polar surface area (TPSA) is 38.9 Å². The Morgan fingerprint density at radius 3 is 2.28 bits per heavy atom. The fourth-order valence-corrected chi connectivity index (χ4v) is 6.76. The molecule has 0 bridgehead atoms. The van der Waals surface area contributed by atoms with Crippen molar-refractivity contribution in [3.8, 4) is 22.5 Å². The van der Waals surface area contributed by atoms with Crippen molar-refractivity contribution in [3.05, 3.63) is 115 Å². The van der Waals surface area contributed by atoms with Crippen molar-refractivity contribution in [2.45, 2.75) is 37.0 Å².